The van der Waals surface area contributed by atoms with Crippen LogP contribution in [0.25, 0.3) is 0 Å². The Bertz CT molecular complexity index is 359. The number of rotatable bonds is 4. The molecule has 1 unspecified atom stereocenters. The van der Waals surface area contributed by atoms with Crippen molar-refractivity contribution in [3.05, 3.63) is 35.4 Å². The van der Waals surface area contributed by atoms with Crippen molar-refractivity contribution in [2.75, 3.05) is 6.54 Å². The quantitative estimate of drug-likeness (QED) is 0.745. The first-order valence-electron chi connectivity index (χ1n) is 6.39. The Balaban J connectivity index is 0.000000269. The molecule has 0 spiro atoms. The van der Waals surface area contributed by atoms with Crippen LogP contribution >= 0.6 is 0 Å². The number of amides is 1. The average molecular weight is 250 g/mol. The van der Waals surface area contributed by atoms with Gasteiger partial charge in [0.15, 0.2) is 0 Å². The summed E-state index contributed by atoms with van der Waals surface area (Å²) < 4.78 is 0. The fourth-order valence-electron chi connectivity index (χ4n) is 1.59. The molecule has 1 aliphatic heterocycles. The molecule has 1 amide bonds. The Morgan fingerprint density at radius 2 is 1.89 bits per heavy atom. The van der Waals surface area contributed by atoms with Gasteiger partial charge in [-0.1, -0.05) is 37.6 Å². The molecule has 0 aliphatic carbocycles. The Morgan fingerprint density at radius 1 is 1.39 bits per heavy atom. The van der Waals surface area contributed by atoms with Crippen LogP contribution in [0.1, 0.15) is 30.9 Å². The molecule has 1 saturated heterocycles. The van der Waals surface area contributed by atoms with Crippen LogP contribution in [-0.2, 0) is 17.6 Å². The smallest absolute Gasteiger partial charge is 0.221 e. The fourth-order valence-corrected chi connectivity index (χ4v) is 1.59. The van der Waals surface area contributed by atoms with Gasteiger partial charge in [0, 0.05) is 6.54 Å². The maximum Gasteiger partial charge on any atom is 0.221 e. The Labute approximate surface area is 108 Å². The first kappa shape index (κ1) is 14.7. The Kier molecular flexibility index (Phi) is 6.39. The maximum absolute atomic E-state index is 10.6. The van der Waals surface area contributed by atoms with E-state index in [0.717, 1.165) is 31.4 Å². The number of primary amides is 1. The lowest BCUT2D eigenvalue weighted by molar-refractivity contribution is -0.117. The van der Waals surface area contributed by atoms with Crippen molar-refractivity contribution in [1.29, 1.82) is 0 Å². The van der Waals surface area contributed by atoms with Crippen LogP contribution < -0.4 is 11.1 Å². The molecular weight excluding hydrogens is 228 g/mol. The summed E-state index contributed by atoms with van der Waals surface area (Å²) in [5.74, 6) is -0.275. The summed E-state index contributed by atoms with van der Waals surface area (Å²) in [4.78, 5) is 10.6. The summed E-state index contributed by atoms with van der Waals surface area (Å²) in [6.07, 6.45) is 3.33. The van der Waals surface area contributed by atoms with Crippen LogP contribution in [-0.4, -0.2) is 23.8 Å². The van der Waals surface area contributed by atoms with Gasteiger partial charge in [-0.2, -0.15) is 0 Å². The van der Waals surface area contributed by atoms with Gasteiger partial charge in [-0.25, -0.2) is 0 Å². The lowest BCUT2D eigenvalue weighted by Gasteiger charge is -2.20. The molecule has 1 fully saturated rings. The normalized spacial score (nSPS) is 17.3. The van der Waals surface area contributed by atoms with Crippen molar-refractivity contribution in [3.63, 3.8) is 0 Å². The van der Waals surface area contributed by atoms with E-state index in [2.05, 4.69) is 24.4 Å². The van der Waals surface area contributed by atoms with Crippen LogP contribution in [0.15, 0.2) is 24.3 Å². The molecule has 1 heterocycles. The number of aliphatic hydroxyl groups is 1. The number of nitrogens with one attached hydrogen (secondary N) is 1. The van der Waals surface area contributed by atoms with Crippen LogP contribution in [0.4, 0.5) is 0 Å². The third-order valence-electron chi connectivity index (χ3n) is 2.74. The summed E-state index contributed by atoms with van der Waals surface area (Å²) >= 11 is 0. The molecule has 1 aromatic rings. The number of hydrogen-bond acceptors (Lipinski definition) is 3. The van der Waals surface area contributed by atoms with Crippen molar-refractivity contribution in [2.24, 2.45) is 5.73 Å². The molecule has 18 heavy (non-hydrogen) atoms. The molecule has 100 valence electrons. The van der Waals surface area contributed by atoms with E-state index >= 15 is 0 Å². The highest BCUT2D eigenvalue weighted by Crippen LogP contribution is 2.06. The van der Waals surface area contributed by atoms with Gasteiger partial charge >= 0.3 is 0 Å². The van der Waals surface area contributed by atoms with E-state index < -0.39 is 0 Å². The minimum Gasteiger partial charge on any atom is -0.379 e. The number of aliphatic hydroxyl groups excluding tert-OH is 1. The van der Waals surface area contributed by atoms with Crippen molar-refractivity contribution < 1.29 is 9.90 Å². The van der Waals surface area contributed by atoms with Crippen LogP contribution in [0.3, 0.4) is 0 Å². The molecule has 0 aromatic heterocycles. The maximum atomic E-state index is 10.6. The lowest BCUT2D eigenvalue weighted by atomic mass is 10.1. The largest absolute Gasteiger partial charge is 0.379 e. The highest BCUT2D eigenvalue weighted by Gasteiger charge is 2.09. The fraction of sp³-hybridized carbons (Fsp3) is 0.500. The predicted molar refractivity (Wildman–Crippen MR) is 72.0 cm³/mol. The first-order valence-corrected chi connectivity index (χ1v) is 6.39. The number of carbonyl (C=O) groups is 1. The monoisotopic (exact) mass is 250 g/mol. The van der Waals surface area contributed by atoms with E-state index in [1.54, 1.807) is 0 Å². The molecule has 1 aliphatic rings. The summed E-state index contributed by atoms with van der Waals surface area (Å²) in [6, 6.07) is 8.05. The van der Waals surface area contributed by atoms with E-state index in [0.29, 0.717) is 6.42 Å². The SMILES string of the molecule is CCCc1ccc(CC(N)=O)cc1.OC1CCN1. The standard InChI is InChI=1S/C11H15NO.C3H7NO/c1-2-3-9-4-6-10(7-5-9)8-11(12)13;5-3-1-2-4-3/h4-7H,2-3,8H2,1H3,(H2,12,13);3-5H,1-2H2. The molecule has 2 rings (SSSR count). The van der Waals surface area contributed by atoms with E-state index in [-0.39, 0.29) is 12.1 Å². The minimum atomic E-state index is -0.275. The number of aryl methyl sites for hydroxylation is 1. The van der Waals surface area contributed by atoms with Crippen LogP contribution in [0.2, 0.25) is 0 Å². The number of hydrogen-bond donors (Lipinski definition) is 3. The van der Waals surface area contributed by atoms with E-state index in [4.69, 9.17) is 10.8 Å². The average Bonchev–Trinajstić information content (AvgIpc) is 2.30. The third-order valence-corrected chi connectivity index (χ3v) is 2.74. The zero-order valence-corrected chi connectivity index (χ0v) is 10.9. The van der Waals surface area contributed by atoms with Crippen molar-refractivity contribution >= 4 is 5.91 Å². The highest BCUT2D eigenvalue weighted by atomic mass is 16.3. The molecular formula is C14H22N2O2. The molecule has 1 aromatic carbocycles. The van der Waals surface area contributed by atoms with Gasteiger partial charge in [-0.05, 0) is 24.0 Å². The molecule has 4 nitrogen and oxygen atoms in total. The number of carbonyl (C=O) groups excluding carboxylic acids is 1. The first-order chi connectivity index (χ1) is 8.61. The third kappa shape index (κ3) is 5.80. The van der Waals surface area contributed by atoms with Crippen molar-refractivity contribution in [2.45, 2.75) is 38.8 Å². The van der Waals surface area contributed by atoms with Crippen molar-refractivity contribution in [3.8, 4) is 0 Å². The molecule has 1 atom stereocenters. The predicted octanol–water partition coefficient (Wildman–Crippen LogP) is 0.965. The van der Waals surface area contributed by atoms with Crippen molar-refractivity contribution in [1.82, 2.24) is 5.32 Å². The zero-order valence-electron chi connectivity index (χ0n) is 10.9. The summed E-state index contributed by atoms with van der Waals surface area (Å²) in [5.41, 5.74) is 7.39. The second-order valence-corrected chi connectivity index (χ2v) is 4.47. The van der Waals surface area contributed by atoms with Gasteiger partial charge in [-0.3, -0.25) is 10.1 Å². The van der Waals surface area contributed by atoms with Gasteiger partial charge in [0.25, 0.3) is 0 Å². The van der Waals surface area contributed by atoms with E-state index in [1.807, 2.05) is 12.1 Å². The minimum absolute atomic E-state index is 0.185. The van der Waals surface area contributed by atoms with Gasteiger partial charge in [0.2, 0.25) is 5.91 Å². The van der Waals surface area contributed by atoms with Gasteiger partial charge in [-0.15, -0.1) is 0 Å². The molecule has 4 N–H and O–H groups in total. The van der Waals surface area contributed by atoms with Gasteiger partial charge < -0.3 is 10.8 Å². The van der Waals surface area contributed by atoms with E-state index in [9.17, 15) is 4.79 Å². The van der Waals surface area contributed by atoms with Gasteiger partial charge in [0.1, 0.15) is 6.23 Å². The molecule has 4 heteroatoms. The second kappa shape index (κ2) is 7.84. The number of nitrogens with two attached hydrogens (primary N) is 1. The lowest BCUT2D eigenvalue weighted by Crippen LogP contribution is -2.42. The zero-order chi connectivity index (χ0) is 13.4. The molecule has 0 radical (unpaired) electrons. The molecule has 0 saturated carbocycles. The van der Waals surface area contributed by atoms with Crippen LogP contribution in [0, 0.1) is 0 Å². The van der Waals surface area contributed by atoms with Gasteiger partial charge in [0.05, 0.1) is 6.42 Å². The topological polar surface area (TPSA) is 75.4 Å². The van der Waals surface area contributed by atoms with E-state index in [1.165, 1.54) is 5.56 Å². The summed E-state index contributed by atoms with van der Waals surface area (Å²) in [5, 5.41) is 11.1. The molecule has 0 bridgehead atoms. The Hall–Kier alpha value is -1.39. The number of benzene rings is 1. The highest BCUT2D eigenvalue weighted by molar-refractivity contribution is 5.76. The second-order valence-electron chi connectivity index (χ2n) is 4.47. The Morgan fingerprint density at radius 3 is 2.22 bits per heavy atom. The van der Waals surface area contributed by atoms with Crippen LogP contribution in [0.5, 0.6) is 0 Å². The summed E-state index contributed by atoms with van der Waals surface area (Å²) in [6.45, 7) is 3.14. The summed E-state index contributed by atoms with van der Waals surface area (Å²) in [7, 11) is 0.